The Labute approximate surface area is 248 Å². The number of hydrogen-bond acceptors (Lipinski definition) is 5. The molecule has 0 radical (unpaired) electrons. The zero-order valence-electron chi connectivity index (χ0n) is 22.6. The lowest BCUT2D eigenvalue weighted by Crippen LogP contribution is -2.43. The van der Waals surface area contributed by atoms with Crippen molar-refractivity contribution in [3.05, 3.63) is 94.3 Å². The number of ether oxygens (including phenoxy) is 1. The molecule has 1 aliphatic heterocycles. The smallest absolute Gasteiger partial charge is 0.435 e. The third-order valence-electron chi connectivity index (χ3n) is 6.86. The highest BCUT2D eigenvalue weighted by molar-refractivity contribution is 7.92. The minimum Gasteiger partial charge on any atom is -0.486 e. The highest BCUT2D eigenvalue weighted by Gasteiger charge is 2.40. The Bertz CT molecular complexity index is 1840. The Morgan fingerprint density at radius 3 is 2.56 bits per heavy atom. The number of ketones is 1. The van der Waals surface area contributed by atoms with Gasteiger partial charge >= 0.3 is 6.18 Å². The van der Waals surface area contributed by atoms with E-state index in [1.54, 1.807) is 19.1 Å². The van der Waals surface area contributed by atoms with Crippen LogP contribution in [0.2, 0.25) is 5.02 Å². The first-order valence-electron chi connectivity index (χ1n) is 12.8. The summed E-state index contributed by atoms with van der Waals surface area (Å²) in [6.07, 6.45) is -5.28. The molecule has 0 aliphatic carbocycles. The van der Waals surface area contributed by atoms with Crippen molar-refractivity contribution < 1.29 is 39.9 Å². The number of rotatable bonds is 7. The standard InChI is InChI=1S/C29H23ClF5N3O4S/c1-16-4-3-5-20(10-16)43(40,41)38-14-19(7-8-25(39)22-15-37(2)36-28(22)29(33,34)35)42-26-9-6-17(11-24(26)38)21-12-18(31)13-23(32)27(21)30/h3-6,9-13,15,19H,7-8,14H2,1-2H3/t19-/m0/s1. The molecule has 0 unspecified atom stereocenters. The molecule has 4 aromatic rings. The van der Waals surface area contributed by atoms with E-state index in [-0.39, 0.29) is 51.9 Å². The first-order valence-corrected chi connectivity index (χ1v) is 14.7. The summed E-state index contributed by atoms with van der Waals surface area (Å²) in [7, 11) is -2.98. The summed E-state index contributed by atoms with van der Waals surface area (Å²) in [4.78, 5) is 12.8. The van der Waals surface area contributed by atoms with Gasteiger partial charge in [-0.2, -0.15) is 18.3 Å². The molecule has 0 bridgehead atoms. The van der Waals surface area contributed by atoms with Gasteiger partial charge in [0.05, 0.1) is 27.7 Å². The molecule has 1 aromatic heterocycles. The second kappa shape index (κ2) is 11.3. The fourth-order valence-electron chi connectivity index (χ4n) is 4.86. The topological polar surface area (TPSA) is 81.5 Å². The summed E-state index contributed by atoms with van der Waals surface area (Å²) in [5, 5.41) is 2.99. The van der Waals surface area contributed by atoms with Crippen LogP contribution in [0.3, 0.4) is 0 Å². The SMILES string of the molecule is Cc1cccc(S(=O)(=O)N2C[C@H](CCC(=O)c3cn(C)nc3C(F)(F)F)Oc3ccc(-c4cc(F)cc(F)c4Cl)cc32)c1. The molecule has 1 atom stereocenters. The number of alkyl halides is 3. The van der Waals surface area contributed by atoms with Gasteiger partial charge in [-0.15, -0.1) is 0 Å². The predicted molar refractivity (Wildman–Crippen MR) is 149 cm³/mol. The number of hydrogen-bond donors (Lipinski definition) is 0. The third kappa shape index (κ3) is 6.09. The quantitative estimate of drug-likeness (QED) is 0.124. The molecule has 0 saturated heterocycles. The number of carbonyl (C=O) groups is 1. The Morgan fingerprint density at radius 1 is 1.12 bits per heavy atom. The molecule has 7 nitrogen and oxygen atoms in total. The molecular weight excluding hydrogens is 617 g/mol. The highest BCUT2D eigenvalue weighted by Crippen LogP contribution is 2.42. The molecule has 14 heteroatoms. The number of Topliss-reactive ketones (excluding diaryl/α,β-unsaturated/α-hetero) is 1. The van der Waals surface area contributed by atoms with Crippen LogP contribution in [0, 0.1) is 18.6 Å². The Hall–Kier alpha value is -3.97. The van der Waals surface area contributed by atoms with Crippen LogP contribution in [0.1, 0.15) is 34.5 Å². The fraction of sp³-hybridized carbons (Fsp3) is 0.241. The molecule has 226 valence electrons. The molecule has 0 fully saturated rings. The number of carbonyl (C=O) groups excluding carboxylic acids is 1. The van der Waals surface area contributed by atoms with Crippen LogP contribution in [0.25, 0.3) is 11.1 Å². The van der Waals surface area contributed by atoms with Crippen LogP contribution in [0.5, 0.6) is 5.75 Å². The number of benzene rings is 3. The van der Waals surface area contributed by atoms with Crippen molar-refractivity contribution in [3.63, 3.8) is 0 Å². The molecule has 5 rings (SSSR count). The number of aromatic nitrogens is 2. The van der Waals surface area contributed by atoms with Crippen molar-refractivity contribution >= 4 is 33.1 Å². The maximum Gasteiger partial charge on any atom is 0.435 e. The first kappa shape index (κ1) is 30.5. The largest absolute Gasteiger partial charge is 0.486 e. The minimum atomic E-state index is -4.84. The van der Waals surface area contributed by atoms with Gasteiger partial charge in [0.1, 0.15) is 23.5 Å². The number of halogens is 6. The zero-order chi connectivity index (χ0) is 31.3. The van der Waals surface area contributed by atoms with Gasteiger partial charge in [-0.3, -0.25) is 13.8 Å². The molecule has 43 heavy (non-hydrogen) atoms. The van der Waals surface area contributed by atoms with Gasteiger partial charge in [0.15, 0.2) is 11.5 Å². The van der Waals surface area contributed by atoms with E-state index in [4.69, 9.17) is 16.3 Å². The maximum absolute atomic E-state index is 14.2. The van der Waals surface area contributed by atoms with Crippen LogP contribution in [-0.2, 0) is 23.2 Å². The second-order valence-corrected chi connectivity index (χ2v) is 12.3. The number of anilines is 1. The lowest BCUT2D eigenvalue weighted by molar-refractivity contribution is -0.141. The van der Waals surface area contributed by atoms with Gasteiger partial charge in [-0.05, 0) is 54.8 Å². The van der Waals surface area contributed by atoms with Crippen LogP contribution >= 0.6 is 11.6 Å². The molecule has 2 heterocycles. The van der Waals surface area contributed by atoms with Gasteiger partial charge in [0.2, 0.25) is 0 Å². The molecule has 3 aromatic carbocycles. The summed E-state index contributed by atoms with van der Waals surface area (Å²) in [5.41, 5.74) is -0.990. The van der Waals surface area contributed by atoms with E-state index >= 15 is 0 Å². The lowest BCUT2D eigenvalue weighted by atomic mass is 10.0. The monoisotopic (exact) mass is 639 g/mol. The van der Waals surface area contributed by atoms with Gasteiger partial charge in [0, 0.05) is 31.3 Å². The molecular formula is C29H23ClF5N3O4S. The normalized spacial score (nSPS) is 15.3. The van der Waals surface area contributed by atoms with E-state index < -0.39 is 51.0 Å². The van der Waals surface area contributed by atoms with E-state index in [1.165, 1.54) is 37.4 Å². The van der Waals surface area contributed by atoms with Crippen LogP contribution in [0.15, 0.2) is 65.7 Å². The van der Waals surface area contributed by atoms with Crippen molar-refractivity contribution in [1.29, 1.82) is 0 Å². The zero-order valence-corrected chi connectivity index (χ0v) is 24.2. The molecule has 0 spiro atoms. The van der Waals surface area contributed by atoms with E-state index in [9.17, 15) is 35.2 Å². The number of fused-ring (bicyclic) bond motifs is 1. The maximum atomic E-state index is 14.2. The van der Waals surface area contributed by atoms with E-state index in [0.29, 0.717) is 11.6 Å². The Balaban J connectivity index is 1.51. The number of nitrogens with zero attached hydrogens (tertiary/aromatic N) is 3. The molecule has 1 aliphatic rings. The van der Waals surface area contributed by atoms with Crippen molar-refractivity contribution in [2.45, 2.75) is 36.9 Å². The first-order chi connectivity index (χ1) is 20.1. The van der Waals surface area contributed by atoms with Crippen LogP contribution in [0.4, 0.5) is 27.6 Å². The van der Waals surface area contributed by atoms with Crippen LogP contribution < -0.4 is 9.04 Å². The minimum absolute atomic E-state index is 0.0143. The van der Waals surface area contributed by atoms with Crippen LogP contribution in [-0.4, -0.2) is 36.6 Å². The Kier molecular flexibility index (Phi) is 7.99. The highest BCUT2D eigenvalue weighted by atomic mass is 35.5. The summed E-state index contributed by atoms with van der Waals surface area (Å²) < 4.78 is 104. The Morgan fingerprint density at radius 2 is 1.86 bits per heavy atom. The second-order valence-electron chi connectivity index (χ2n) is 10.0. The number of aryl methyl sites for hydroxylation is 2. The predicted octanol–water partition coefficient (Wildman–Crippen LogP) is 6.97. The summed E-state index contributed by atoms with van der Waals surface area (Å²) in [5.74, 6) is -2.64. The average Bonchev–Trinajstić information content (AvgIpc) is 3.35. The van der Waals surface area contributed by atoms with E-state index in [1.807, 2.05) is 0 Å². The third-order valence-corrected chi connectivity index (χ3v) is 9.02. The van der Waals surface area contributed by atoms with Gasteiger partial charge in [0.25, 0.3) is 10.0 Å². The number of sulfonamides is 1. The fourth-order valence-corrected chi connectivity index (χ4v) is 6.68. The molecule has 0 saturated carbocycles. The summed E-state index contributed by atoms with van der Waals surface area (Å²) >= 11 is 6.09. The van der Waals surface area contributed by atoms with Crippen molar-refractivity contribution in [1.82, 2.24) is 9.78 Å². The average molecular weight is 640 g/mol. The van der Waals surface area contributed by atoms with Crippen molar-refractivity contribution in [2.24, 2.45) is 7.05 Å². The van der Waals surface area contributed by atoms with Gasteiger partial charge in [-0.1, -0.05) is 29.8 Å². The van der Waals surface area contributed by atoms with Gasteiger partial charge < -0.3 is 4.74 Å². The van der Waals surface area contributed by atoms with E-state index in [0.717, 1.165) is 21.3 Å². The van der Waals surface area contributed by atoms with Crippen molar-refractivity contribution in [2.75, 3.05) is 10.8 Å². The molecule has 0 amide bonds. The van der Waals surface area contributed by atoms with Gasteiger partial charge in [-0.25, -0.2) is 17.2 Å². The van der Waals surface area contributed by atoms with Crippen molar-refractivity contribution in [3.8, 4) is 16.9 Å². The molecule has 0 N–H and O–H groups in total. The summed E-state index contributed by atoms with van der Waals surface area (Å²) in [6, 6.07) is 12.0. The summed E-state index contributed by atoms with van der Waals surface area (Å²) in [6.45, 7) is 1.41. The lowest BCUT2D eigenvalue weighted by Gasteiger charge is -2.36. The van der Waals surface area contributed by atoms with E-state index in [2.05, 4.69) is 5.10 Å².